The first-order chi connectivity index (χ1) is 8.50. The fourth-order valence-electron chi connectivity index (χ4n) is 1.50. The van der Waals surface area contributed by atoms with Gasteiger partial charge in [0.25, 0.3) is 0 Å². The number of aliphatic carboxylic acids is 1. The molecular weight excluding hydrogens is 250 g/mol. The van der Waals surface area contributed by atoms with E-state index in [9.17, 15) is 9.59 Å². The Balaban J connectivity index is 2.54. The van der Waals surface area contributed by atoms with Gasteiger partial charge in [-0.25, -0.2) is 4.79 Å². The summed E-state index contributed by atoms with van der Waals surface area (Å²) in [6.07, 6.45) is 0. The first-order valence-corrected chi connectivity index (χ1v) is 6.71. The maximum absolute atomic E-state index is 11.1. The van der Waals surface area contributed by atoms with Crippen LogP contribution in [-0.2, 0) is 15.3 Å². The molecule has 0 aliphatic heterocycles. The summed E-state index contributed by atoms with van der Waals surface area (Å²) in [7, 11) is 0. The molecule has 1 amide bonds. The average Bonchev–Trinajstić information content (AvgIpc) is 2.34. The highest BCUT2D eigenvalue weighted by Gasteiger charge is 2.25. The van der Waals surface area contributed by atoms with Crippen LogP contribution < -0.4 is 5.32 Å². The highest BCUT2D eigenvalue weighted by Crippen LogP contribution is 2.20. The first kappa shape index (κ1) is 14.6. The van der Waals surface area contributed by atoms with E-state index in [0.717, 1.165) is 11.3 Å². The van der Waals surface area contributed by atoms with Gasteiger partial charge in [0.05, 0.1) is 0 Å². The standard InChI is InChI=1S/C13H17NO3S/c1-9(12(13(16)17)14-10(2)15)18-8-11-6-4-3-5-7-11/h3-7,9,12H,8H2,1-2H3,(H,14,15)(H,16,17)/t9-,12-/m1/s1. The van der Waals surface area contributed by atoms with Gasteiger partial charge in [0.15, 0.2) is 0 Å². The molecule has 0 saturated carbocycles. The molecule has 4 nitrogen and oxygen atoms in total. The molecule has 2 atom stereocenters. The summed E-state index contributed by atoms with van der Waals surface area (Å²) in [4.78, 5) is 22.0. The molecular formula is C13H17NO3S. The second-order valence-electron chi connectivity index (χ2n) is 4.02. The van der Waals surface area contributed by atoms with Crippen molar-refractivity contribution in [3.63, 3.8) is 0 Å². The minimum Gasteiger partial charge on any atom is -0.480 e. The lowest BCUT2D eigenvalue weighted by molar-refractivity contribution is -0.141. The molecule has 5 heteroatoms. The summed E-state index contributed by atoms with van der Waals surface area (Å²) in [5, 5.41) is 11.3. The maximum Gasteiger partial charge on any atom is 0.327 e. The Morgan fingerprint density at radius 3 is 2.44 bits per heavy atom. The molecule has 0 aromatic heterocycles. The van der Waals surface area contributed by atoms with Crippen molar-refractivity contribution in [2.45, 2.75) is 30.9 Å². The highest BCUT2D eigenvalue weighted by atomic mass is 32.2. The monoisotopic (exact) mass is 267 g/mol. The minimum absolute atomic E-state index is 0.188. The third-order valence-corrected chi connectivity index (χ3v) is 3.75. The van der Waals surface area contributed by atoms with Crippen LogP contribution in [-0.4, -0.2) is 28.3 Å². The number of benzene rings is 1. The lowest BCUT2D eigenvalue weighted by Crippen LogP contribution is -2.45. The molecule has 0 fully saturated rings. The topological polar surface area (TPSA) is 66.4 Å². The van der Waals surface area contributed by atoms with Gasteiger partial charge in [-0.15, -0.1) is 0 Å². The van der Waals surface area contributed by atoms with Crippen LogP contribution in [0.4, 0.5) is 0 Å². The summed E-state index contributed by atoms with van der Waals surface area (Å²) in [5.41, 5.74) is 1.14. The second kappa shape index (κ2) is 7.06. The van der Waals surface area contributed by atoms with Gasteiger partial charge in [0.2, 0.25) is 5.91 Å². The second-order valence-corrected chi connectivity index (χ2v) is 5.38. The molecule has 1 aromatic carbocycles. The number of carbonyl (C=O) groups excluding carboxylic acids is 1. The van der Waals surface area contributed by atoms with Crippen LogP contribution in [0, 0.1) is 0 Å². The van der Waals surface area contributed by atoms with Gasteiger partial charge in [0.1, 0.15) is 6.04 Å². The molecule has 98 valence electrons. The molecule has 0 spiro atoms. The van der Waals surface area contributed by atoms with Crippen LogP contribution in [0.25, 0.3) is 0 Å². The van der Waals surface area contributed by atoms with Gasteiger partial charge < -0.3 is 10.4 Å². The summed E-state index contributed by atoms with van der Waals surface area (Å²) >= 11 is 1.51. The minimum atomic E-state index is -1.00. The van der Waals surface area contributed by atoms with E-state index in [0.29, 0.717) is 0 Å². The van der Waals surface area contributed by atoms with Gasteiger partial charge in [0, 0.05) is 17.9 Å². The largest absolute Gasteiger partial charge is 0.480 e. The molecule has 0 radical (unpaired) electrons. The van der Waals surface area contributed by atoms with Crippen LogP contribution in [0.2, 0.25) is 0 Å². The summed E-state index contributed by atoms with van der Waals surface area (Å²) in [6, 6.07) is 8.97. The molecule has 0 saturated heterocycles. The summed E-state index contributed by atoms with van der Waals surface area (Å²) in [5.74, 6) is -0.599. The number of amides is 1. The van der Waals surface area contributed by atoms with Crippen molar-refractivity contribution in [2.75, 3.05) is 0 Å². The Kier molecular flexibility index (Phi) is 5.71. The van der Waals surface area contributed by atoms with Gasteiger partial charge >= 0.3 is 5.97 Å². The van der Waals surface area contributed by atoms with Crippen molar-refractivity contribution in [3.05, 3.63) is 35.9 Å². The number of nitrogens with one attached hydrogen (secondary N) is 1. The number of rotatable bonds is 6. The van der Waals surface area contributed by atoms with E-state index in [2.05, 4.69) is 5.32 Å². The predicted molar refractivity (Wildman–Crippen MR) is 72.4 cm³/mol. The molecule has 0 bridgehead atoms. The molecule has 0 heterocycles. The Labute approximate surface area is 111 Å². The smallest absolute Gasteiger partial charge is 0.327 e. The van der Waals surface area contributed by atoms with E-state index < -0.39 is 12.0 Å². The third kappa shape index (κ3) is 4.79. The van der Waals surface area contributed by atoms with Crippen LogP contribution in [0.15, 0.2) is 30.3 Å². The maximum atomic E-state index is 11.1. The normalized spacial score (nSPS) is 13.7. The molecule has 0 aliphatic rings. The SMILES string of the molecule is CC(=O)N[C@@H](C(=O)O)[C@@H](C)SCc1ccccc1. The number of carbonyl (C=O) groups is 2. The summed E-state index contributed by atoms with van der Waals surface area (Å²) < 4.78 is 0. The number of thioether (sulfide) groups is 1. The fourth-order valence-corrected chi connectivity index (χ4v) is 2.52. The van der Waals surface area contributed by atoms with Crippen molar-refractivity contribution < 1.29 is 14.7 Å². The molecule has 2 N–H and O–H groups in total. The molecule has 1 aromatic rings. The van der Waals surface area contributed by atoms with Crippen LogP contribution in [0.1, 0.15) is 19.4 Å². The Morgan fingerprint density at radius 2 is 1.94 bits per heavy atom. The summed E-state index contributed by atoms with van der Waals surface area (Å²) in [6.45, 7) is 3.13. The van der Waals surface area contributed by atoms with Crippen molar-refractivity contribution in [3.8, 4) is 0 Å². The van der Waals surface area contributed by atoms with E-state index in [4.69, 9.17) is 5.11 Å². The Morgan fingerprint density at radius 1 is 1.33 bits per heavy atom. The Bertz CT molecular complexity index is 408. The number of hydrogen-bond donors (Lipinski definition) is 2. The number of carboxylic acids is 1. The van der Waals surface area contributed by atoms with Gasteiger partial charge in [-0.05, 0) is 5.56 Å². The van der Waals surface area contributed by atoms with E-state index in [1.807, 2.05) is 37.3 Å². The van der Waals surface area contributed by atoms with Gasteiger partial charge in [-0.2, -0.15) is 11.8 Å². The van der Waals surface area contributed by atoms with Crippen molar-refractivity contribution in [1.29, 1.82) is 0 Å². The zero-order valence-corrected chi connectivity index (χ0v) is 11.2. The number of carboxylic acid groups (broad SMARTS) is 1. The fraction of sp³-hybridized carbons (Fsp3) is 0.385. The lowest BCUT2D eigenvalue weighted by atomic mass is 10.2. The van der Waals surface area contributed by atoms with Crippen LogP contribution >= 0.6 is 11.8 Å². The van der Waals surface area contributed by atoms with Gasteiger partial charge in [-0.1, -0.05) is 37.3 Å². The Hall–Kier alpha value is -1.49. The molecule has 0 aliphatic carbocycles. The highest BCUT2D eigenvalue weighted by molar-refractivity contribution is 7.99. The quantitative estimate of drug-likeness (QED) is 0.826. The zero-order chi connectivity index (χ0) is 13.5. The van der Waals surface area contributed by atoms with E-state index in [1.54, 1.807) is 0 Å². The molecule has 18 heavy (non-hydrogen) atoms. The molecule has 0 unspecified atom stereocenters. The average molecular weight is 267 g/mol. The lowest BCUT2D eigenvalue weighted by Gasteiger charge is -2.20. The van der Waals surface area contributed by atoms with Crippen LogP contribution in [0.5, 0.6) is 0 Å². The van der Waals surface area contributed by atoms with E-state index >= 15 is 0 Å². The van der Waals surface area contributed by atoms with Crippen molar-refractivity contribution in [1.82, 2.24) is 5.32 Å². The van der Waals surface area contributed by atoms with E-state index in [-0.39, 0.29) is 11.2 Å². The van der Waals surface area contributed by atoms with Gasteiger partial charge in [-0.3, -0.25) is 4.79 Å². The predicted octanol–water partition coefficient (Wildman–Crippen LogP) is 1.90. The van der Waals surface area contributed by atoms with Crippen molar-refractivity contribution in [2.24, 2.45) is 0 Å². The first-order valence-electron chi connectivity index (χ1n) is 5.66. The van der Waals surface area contributed by atoms with E-state index in [1.165, 1.54) is 18.7 Å². The zero-order valence-electron chi connectivity index (χ0n) is 10.4. The number of hydrogen-bond acceptors (Lipinski definition) is 3. The van der Waals surface area contributed by atoms with Crippen molar-refractivity contribution >= 4 is 23.6 Å². The molecule has 1 rings (SSSR count). The third-order valence-electron chi connectivity index (χ3n) is 2.45. The van der Waals surface area contributed by atoms with Crippen LogP contribution in [0.3, 0.4) is 0 Å².